The highest BCUT2D eigenvalue weighted by Crippen LogP contribution is 2.33. The summed E-state index contributed by atoms with van der Waals surface area (Å²) in [5, 5.41) is 12.7. The lowest BCUT2D eigenvalue weighted by atomic mass is 10.1. The molecular weight excluding hydrogens is 313 g/mol. The predicted molar refractivity (Wildman–Crippen MR) is 73.2 cm³/mol. The van der Waals surface area contributed by atoms with Crippen LogP contribution in [-0.2, 0) is 6.18 Å². The Morgan fingerprint density at radius 1 is 1.17 bits per heavy atom. The molecule has 23 heavy (non-hydrogen) atoms. The van der Waals surface area contributed by atoms with Crippen molar-refractivity contribution in [3.05, 3.63) is 60.0 Å². The first kappa shape index (κ1) is 14.9. The van der Waals surface area contributed by atoms with Crippen molar-refractivity contribution < 1.29 is 27.5 Å². The van der Waals surface area contributed by atoms with Crippen LogP contribution in [0, 0.1) is 0 Å². The number of benzene rings is 1. The van der Waals surface area contributed by atoms with E-state index in [9.17, 15) is 23.1 Å². The molecule has 0 aliphatic carbocycles. The number of hydrogen-bond acceptors (Lipinski definition) is 3. The second-order valence-corrected chi connectivity index (χ2v) is 4.62. The van der Waals surface area contributed by atoms with Gasteiger partial charge in [0.05, 0.1) is 17.5 Å². The molecule has 0 fully saturated rings. The molecule has 3 aromatic rings. The van der Waals surface area contributed by atoms with Gasteiger partial charge in [0.1, 0.15) is 5.69 Å². The van der Waals surface area contributed by atoms with Crippen LogP contribution in [-0.4, -0.2) is 20.9 Å². The summed E-state index contributed by atoms with van der Waals surface area (Å²) in [6, 6.07) is 9.47. The van der Waals surface area contributed by atoms with E-state index in [-0.39, 0.29) is 22.7 Å². The van der Waals surface area contributed by atoms with Crippen LogP contribution < -0.4 is 0 Å². The van der Waals surface area contributed by atoms with Crippen LogP contribution in [0.25, 0.3) is 17.1 Å². The molecule has 0 spiro atoms. The van der Waals surface area contributed by atoms with Gasteiger partial charge in [-0.05, 0) is 24.3 Å². The zero-order valence-electron chi connectivity index (χ0n) is 11.4. The summed E-state index contributed by atoms with van der Waals surface area (Å²) >= 11 is 0. The summed E-state index contributed by atoms with van der Waals surface area (Å²) in [6.45, 7) is 0. The summed E-state index contributed by atoms with van der Waals surface area (Å²) in [5.41, 5.74) is -1.28. The molecule has 118 valence electrons. The minimum atomic E-state index is -4.66. The Morgan fingerprint density at radius 3 is 2.52 bits per heavy atom. The molecule has 2 aromatic heterocycles. The maximum Gasteiger partial charge on any atom is 0.435 e. The minimum absolute atomic E-state index is 0.0102. The number of nitrogens with zero attached hydrogens (tertiary/aromatic N) is 2. The number of halogens is 3. The van der Waals surface area contributed by atoms with E-state index in [0.717, 1.165) is 10.7 Å². The first-order chi connectivity index (χ1) is 10.9. The number of para-hydroxylation sites is 1. The Labute approximate surface area is 127 Å². The number of carboxylic acid groups (broad SMARTS) is 1. The van der Waals surface area contributed by atoms with Gasteiger partial charge in [0.15, 0.2) is 11.5 Å². The summed E-state index contributed by atoms with van der Waals surface area (Å²) in [6.07, 6.45) is -3.35. The number of rotatable bonds is 3. The quantitative estimate of drug-likeness (QED) is 0.795. The molecule has 0 bridgehead atoms. The van der Waals surface area contributed by atoms with Gasteiger partial charge in [-0.15, -0.1) is 0 Å². The summed E-state index contributed by atoms with van der Waals surface area (Å²) in [5.74, 6) is -1.12. The maximum absolute atomic E-state index is 13.0. The van der Waals surface area contributed by atoms with Gasteiger partial charge in [0.2, 0.25) is 0 Å². The third-order valence-electron chi connectivity index (χ3n) is 3.14. The molecule has 2 heterocycles. The van der Waals surface area contributed by atoms with Crippen LogP contribution in [0.5, 0.6) is 0 Å². The summed E-state index contributed by atoms with van der Waals surface area (Å²) < 4.78 is 45.0. The van der Waals surface area contributed by atoms with Gasteiger partial charge in [0, 0.05) is 6.07 Å². The van der Waals surface area contributed by atoms with Crippen molar-refractivity contribution in [2.45, 2.75) is 6.18 Å². The molecule has 8 heteroatoms. The molecular formula is C15H9F3N2O3. The number of carboxylic acids is 1. The van der Waals surface area contributed by atoms with E-state index in [1.165, 1.54) is 42.7 Å². The lowest BCUT2D eigenvalue weighted by Gasteiger charge is -2.09. The number of carbonyl (C=O) groups is 1. The second kappa shape index (κ2) is 5.31. The van der Waals surface area contributed by atoms with Crippen LogP contribution in [0.4, 0.5) is 13.2 Å². The van der Waals surface area contributed by atoms with Crippen molar-refractivity contribution in [1.82, 2.24) is 9.78 Å². The third kappa shape index (κ3) is 2.70. The van der Waals surface area contributed by atoms with Gasteiger partial charge < -0.3 is 9.52 Å². The zero-order valence-corrected chi connectivity index (χ0v) is 11.4. The van der Waals surface area contributed by atoms with Crippen molar-refractivity contribution in [2.24, 2.45) is 0 Å². The Morgan fingerprint density at radius 2 is 1.91 bits per heavy atom. The van der Waals surface area contributed by atoms with E-state index in [0.29, 0.717) is 0 Å². The number of furan rings is 1. The Bertz CT molecular complexity index is 851. The van der Waals surface area contributed by atoms with Gasteiger partial charge in [-0.2, -0.15) is 18.3 Å². The van der Waals surface area contributed by atoms with E-state index < -0.39 is 17.8 Å². The fourth-order valence-corrected chi connectivity index (χ4v) is 2.14. The molecule has 0 amide bonds. The van der Waals surface area contributed by atoms with Crippen molar-refractivity contribution in [1.29, 1.82) is 0 Å². The second-order valence-electron chi connectivity index (χ2n) is 4.62. The molecule has 0 unspecified atom stereocenters. The molecule has 1 N–H and O–H groups in total. The lowest BCUT2D eigenvalue weighted by Crippen LogP contribution is -2.10. The average Bonchev–Trinajstić information content (AvgIpc) is 3.15. The normalized spacial score (nSPS) is 11.6. The van der Waals surface area contributed by atoms with Crippen molar-refractivity contribution >= 4 is 5.97 Å². The minimum Gasteiger partial charge on any atom is -0.478 e. The standard InChI is InChI=1S/C15H9F3N2O3/c16-15(17,18)13-8-11(12-6-3-7-23-12)20(19-13)10-5-2-1-4-9(10)14(21)22/h1-8H,(H,21,22). The van der Waals surface area contributed by atoms with Crippen LogP contribution in [0.3, 0.4) is 0 Å². The SMILES string of the molecule is O=C(O)c1ccccc1-n1nc(C(F)(F)F)cc1-c1ccco1. The molecule has 0 saturated carbocycles. The molecule has 5 nitrogen and oxygen atoms in total. The Balaban J connectivity index is 2.27. The van der Waals surface area contributed by atoms with Crippen LogP contribution in [0.1, 0.15) is 16.1 Å². The highest BCUT2D eigenvalue weighted by molar-refractivity contribution is 5.92. The number of aromatic nitrogens is 2. The van der Waals surface area contributed by atoms with Crippen LogP contribution in [0.2, 0.25) is 0 Å². The number of hydrogen-bond donors (Lipinski definition) is 1. The molecule has 3 rings (SSSR count). The molecule has 1 aromatic carbocycles. The molecule has 0 saturated heterocycles. The predicted octanol–water partition coefficient (Wildman–Crippen LogP) is 3.85. The topological polar surface area (TPSA) is 68.3 Å². The largest absolute Gasteiger partial charge is 0.478 e. The maximum atomic E-state index is 13.0. The molecule has 0 atom stereocenters. The van der Waals surface area contributed by atoms with E-state index >= 15 is 0 Å². The van der Waals surface area contributed by atoms with Crippen LogP contribution >= 0.6 is 0 Å². The van der Waals surface area contributed by atoms with Crippen molar-refractivity contribution in [3.8, 4) is 17.1 Å². The van der Waals surface area contributed by atoms with Gasteiger partial charge >= 0.3 is 12.1 Å². The van der Waals surface area contributed by atoms with E-state index in [1.807, 2.05) is 0 Å². The first-order valence-electron chi connectivity index (χ1n) is 6.42. The highest BCUT2D eigenvalue weighted by atomic mass is 19.4. The Hall–Kier alpha value is -3.03. The van der Waals surface area contributed by atoms with Gasteiger partial charge in [-0.1, -0.05) is 12.1 Å². The summed E-state index contributed by atoms with van der Waals surface area (Å²) in [4.78, 5) is 11.3. The van der Waals surface area contributed by atoms with E-state index in [2.05, 4.69) is 5.10 Å². The number of alkyl halides is 3. The average molecular weight is 322 g/mol. The zero-order chi connectivity index (χ0) is 16.6. The molecule has 0 radical (unpaired) electrons. The molecule has 0 aliphatic heterocycles. The highest BCUT2D eigenvalue weighted by Gasteiger charge is 2.36. The molecule has 0 aliphatic rings. The Kier molecular flexibility index (Phi) is 3.44. The van der Waals surface area contributed by atoms with E-state index in [1.54, 1.807) is 0 Å². The van der Waals surface area contributed by atoms with Crippen molar-refractivity contribution in [2.75, 3.05) is 0 Å². The summed E-state index contributed by atoms with van der Waals surface area (Å²) in [7, 11) is 0. The number of aromatic carboxylic acids is 1. The van der Waals surface area contributed by atoms with Gasteiger partial charge in [0.25, 0.3) is 0 Å². The third-order valence-corrected chi connectivity index (χ3v) is 3.14. The van der Waals surface area contributed by atoms with Crippen molar-refractivity contribution in [3.63, 3.8) is 0 Å². The fraction of sp³-hybridized carbons (Fsp3) is 0.0667. The van der Waals surface area contributed by atoms with E-state index in [4.69, 9.17) is 4.42 Å². The van der Waals surface area contributed by atoms with Crippen LogP contribution in [0.15, 0.2) is 53.1 Å². The van der Waals surface area contributed by atoms with Gasteiger partial charge in [-0.3, -0.25) is 0 Å². The van der Waals surface area contributed by atoms with Gasteiger partial charge in [-0.25, -0.2) is 9.48 Å². The first-order valence-corrected chi connectivity index (χ1v) is 6.42. The smallest absolute Gasteiger partial charge is 0.435 e. The fourth-order valence-electron chi connectivity index (χ4n) is 2.14. The lowest BCUT2D eigenvalue weighted by molar-refractivity contribution is -0.141. The monoisotopic (exact) mass is 322 g/mol.